The number of thiazole rings is 1. The maximum Gasteiger partial charge on any atom is 0.191 e. The predicted octanol–water partition coefficient (Wildman–Crippen LogP) is 3.98. The van der Waals surface area contributed by atoms with E-state index in [0.717, 1.165) is 61.3 Å². The Kier molecular flexibility index (Phi) is 7.47. The molecule has 7 heteroatoms. The van der Waals surface area contributed by atoms with Gasteiger partial charge < -0.3 is 15.1 Å². The highest BCUT2D eigenvalue weighted by molar-refractivity contribution is 7.11. The maximum absolute atomic E-state index is 5.39. The lowest BCUT2D eigenvalue weighted by atomic mass is 10.3. The molecule has 2 N–H and O–H groups in total. The van der Waals surface area contributed by atoms with Crippen LogP contribution in [-0.2, 0) is 19.3 Å². The minimum absolute atomic E-state index is 0.724. The fourth-order valence-corrected chi connectivity index (χ4v) is 4.23. The number of nitrogens with one attached hydrogen (secondary N) is 2. The standard InChI is InChI=1S/C20H26N4OS2/c1-15-16(2)27-19(24-15)9-12-23-20(21-10-7-17-5-3-13-25-17)22-11-8-18-6-4-14-26-18/h3-6,13-14H,7-12H2,1-2H3,(H2,21,22,23). The lowest BCUT2D eigenvalue weighted by Gasteiger charge is -2.12. The van der Waals surface area contributed by atoms with E-state index in [1.807, 2.05) is 12.1 Å². The molecule has 0 aliphatic rings. The van der Waals surface area contributed by atoms with Gasteiger partial charge >= 0.3 is 0 Å². The molecular weight excluding hydrogens is 376 g/mol. The molecule has 0 aromatic carbocycles. The molecule has 3 rings (SSSR count). The molecule has 0 atom stereocenters. The van der Waals surface area contributed by atoms with E-state index < -0.39 is 0 Å². The zero-order valence-electron chi connectivity index (χ0n) is 15.8. The van der Waals surface area contributed by atoms with Crippen LogP contribution in [0.2, 0.25) is 0 Å². The second kappa shape index (κ2) is 10.3. The zero-order chi connectivity index (χ0) is 18.9. The summed E-state index contributed by atoms with van der Waals surface area (Å²) in [5.41, 5.74) is 1.13. The van der Waals surface area contributed by atoms with Crippen molar-refractivity contribution >= 4 is 28.6 Å². The van der Waals surface area contributed by atoms with Crippen molar-refractivity contribution in [1.82, 2.24) is 15.6 Å². The molecule has 0 amide bonds. The summed E-state index contributed by atoms with van der Waals surface area (Å²) >= 11 is 3.56. The fourth-order valence-electron chi connectivity index (χ4n) is 2.60. The second-order valence-corrected chi connectivity index (χ2v) is 8.56. The van der Waals surface area contributed by atoms with Gasteiger partial charge in [0.05, 0.1) is 17.0 Å². The van der Waals surface area contributed by atoms with Gasteiger partial charge in [-0.25, -0.2) is 4.98 Å². The molecule has 0 unspecified atom stereocenters. The molecule has 0 aliphatic carbocycles. The number of furan rings is 1. The number of hydrogen-bond acceptors (Lipinski definition) is 5. The van der Waals surface area contributed by atoms with E-state index in [9.17, 15) is 0 Å². The summed E-state index contributed by atoms with van der Waals surface area (Å²) in [6, 6.07) is 8.17. The fraction of sp³-hybridized carbons (Fsp3) is 0.400. The lowest BCUT2D eigenvalue weighted by Crippen LogP contribution is -2.39. The summed E-state index contributed by atoms with van der Waals surface area (Å²) in [7, 11) is 0. The van der Waals surface area contributed by atoms with Gasteiger partial charge in [0.25, 0.3) is 0 Å². The first kappa shape index (κ1) is 19.6. The Labute approximate surface area is 168 Å². The Hall–Kier alpha value is -2.12. The third-order valence-corrected chi connectivity index (χ3v) is 6.23. The molecule has 144 valence electrons. The van der Waals surface area contributed by atoms with E-state index in [2.05, 4.69) is 47.0 Å². The summed E-state index contributed by atoms with van der Waals surface area (Å²) in [5.74, 6) is 1.83. The number of guanidine groups is 1. The van der Waals surface area contributed by atoms with Crippen LogP contribution in [0, 0.1) is 13.8 Å². The third-order valence-electron chi connectivity index (χ3n) is 4.16. The van der Waals surface area contributed by atoms with Crippen LogP contribution in [0.3, 0.4) is 0 Å². The van der Waals surface area contributed by atoms with Crippen molar-refractivity contribution in [3.63, 3.8) is 0 Å². The summed E-state index contributed by atoms with van der Waals surface area (Å²) < 4.78 is 5.39. The minimum atomic E-state index is 0.724. The van der Waals surface area contributed by atoms with E-state index in [1.54, 1.807) is 28.9 Å². The SMILES string of the molecule is Cc1nc(CCN=C(NCCc2ccco2)NCCc2cccs2)sc1C. The average molecular weight is 403 g/mol. The topological polar surface area (TPSA) is 62.5 Å². The largest absolute Gasteiger partial charge is 0.469 e. The van der Waals surface area contributed by atoms with E-state index in [0.29, 0.717) is 0 Å². The Morgan fingerprint density at radius 3 is 2.63 bits per heavy atom. The summed E-state index contributed by atoms with van der Waals surface area (Å²) in [6.07, 6.45) is 4.42. The van der Waals surface area contributed by atoms with Gasteiger partial charge in [-0.3, -0.25) is 4.99 Å². The lowest BCUT2D eigenvalue weighted by molar-refractivity contribution is 0.506. The highest BCUT2D eigenvalue weighted by Gasteiger charge is 2.04. The van der Waals surface area contributed by atoms with Crippen molar-refractivity contribution in [2.45, 2.75) is 33.1 Å². The zero-order valence-corrected chi connectivity index (χ0v) is 17.5. The Morgan fingerprint density at radius 1 is 1.11 bits per heavy atom. The van der Waals surface area contributed by atoms with Gasteiger partial charge in [-0.1, -0.05) is 6.07 Å². The van der Waals surface area contributed by atoms with Crippen LogP contribution in [0.1, 0.15) is 26.2 Å². The van der Waals surface area contributed by atoms with Gasteiger partial charge in [0, 0.05) is 42.2 Å². The number of aryl methyl sites for hydroxylation is 2. The van der Waals surface area contributed by atoms with Gasteiger partial charge in [0.2, 0.25) is 0 Å². The average Bonchev–Trinajstić information content (AvgIpc) is 3.39. The Morgan fingerprint density at radius 2 is 1.96 bits per heavy atom. The van der Waals surface area contributed by atoms with Gasteiger partial charge in [-0.15, -0.1) is 22.7 Å². The molecule has 5 nitrogen and oxygen atoms in total. The van der Waals surface area contributed by atoms with E-state index in [4.69, 9.17) is 9.41 Å². The Balaban J connectivity index is 1.49. The van der Waals surface area contributed by atoms with Crippen molar-refractivity contribution in [2.24, 2.45) is 4.99 Å². The first-order valence-corrected chi connectivity index (χ1v) is 10.9. The number of rotatable bonds is 9. The van der Waals surface area contributed by atoms with Crippen LogP contribution in [0.4, 0.5) is 0 Å². The molecule has 3 heterocycles. The molecule has 0 spiro atoms. The number of aliphatic imine (C=N–C) groups is 1. The highest BCUT2D eigenvalue weighted by atomic mass is 32.1. The molecule has 3 aromatic rings. The van der Waals surface area contributed by atoms with Crippen molar-refractivity contribution in [3.05, 3.63) is 62.1 Å². The smallest absolute Gasteiger partial charge is 0.191 e. The van der Waals surface area contributed by atoms with Gasteiger partial charge in [0.15, 0.2) is 5.96 Å². The molecule has 0 fully saturated rings. The maximum atomic E-state index is 5.39. The first-order valence-electron chi connectivity index (χ1n) is 9.20. The monoisotopic (exact) mass is 402 g/mol. The Bertz CT molecular complexity index is 761. The van der Waals surface area contributed by atoms with Crippen molar-refractivity contribution < 1.29 is 4.42 Å². The number of hydrogen-bond donors (Lipinski definition) is 2. The van der Waals surface area contributed by atoms with Crippen LogP contribution >= 0.6 is 22.7 Å². The molecule has 27 heavy (non-hydrogen) atoms. The molecular formula is C20H26N4OS2. The summed E-state index contributed by atoms with van der Waals surface area (Å²) in [6.45, 7) is 6.55. The quantitative estimate of drug-likeness (QED) is 0.420. The predicted molar refractivity (Wildman–Crippen MR) is 114 cm³/mol. The van der Waals surface area contributed by atoms with Crippen LogP contribution in [0.25, 0.3) is 0 Å². The van der Waals surface area contributed by atoms with E-state index >= 15 is 0 Å². The van der Waals surface area contributed by atoms with Crippen molar-refractivity contribution in [3.8, 4) is 0 Å². The van der Waals surface area contributed by atoms with Gasteiger partial charge in [-0.05, 0) is 43.8 Å². The normalized spacial score (nSPS) is 11.7. The molecule has 0 radical (unpaired) electrons. The minimum Gasteiger partial charge on any atom is -0.469 e. The highest BCUT2D eigenvalue weighted by Crippen LogP contribution is 2.16. The van der Waals surface area contributed by atoms with Crippen LogP contribution < -0.4 is 10.6 Å². The molecule has 0 bridgehead atoms. The third kappa shape index (κ3) is 6.52. The number of nitrogens with zero attached hydrogens (tertiary/aromatic N) is 2. The molecule has 3 aromatic heterocycles. The number of aromatic nitrogens is 1. The van der Waals surface area contributed by atoms with Crippen molar-refractivity contribution in [2.75, 3.05) is 19.6 Å². The summed E-state index contributed by atoms with van der Waals surface area (Å²) in [5, 5.41) is 10.1. The first-order chi connectivity index (χ1) is 13.2. The summed E-state index contributed by atoms with van der Waals surface area (Å²) in [4.78, 5) is 12.0. The van der Waals surface area contributed by atoms with Gasteiger partial charge in [-0.2, -0.15) is 0 Å². The van der Waals surface area contributed by atoms with E-state index in [-0.39, 0.29) is 0 Å². The van der Waals surface area contributed by atoms with Crippen LogP contribution in [-0.4, -0.2) is 30.6 Å². The van der Waals surface area contributed by atoms with Crippen LogP contribution in [0.15, 0.2) is 45.3 Å². The van der Waals surface area contributed by atoms with Gasteiger partial charge in [0.1, 0.15) is 5.76 Å². The van der Waals surface area contributed by atoms with Crippen molar-refractivity contribution in [1.29, 1.82) is 0 Å². The second-order valence-electron chi connectivity index (χ2n) is 6.24. The number of thiophene rings is 1. The van der Waals surface area contributed by atoms with E-state index in [1.165, 1.54) is 9.75 Å². The molecule has 0 saturated heterocycles. The molecule has 0 aliphatic heterocycles. The van der Waals surface area contributed by atoms with Crippen LogP contribution in [0.5, 0.6) is 0 Å². The molecule has 0 saturated carbocycles.